The highest BCUT2D eigenvalue weighted by Crippen LogP contribution is 2.53. The van der Waals surface area contributed by atoms with Crippen LogP contribution in [0, 0.1) is 6.92 Å². The van der Waals surface area contributed by atoms with Crippen molar-refractivity contribution >= 4 is 58.2 Å². The number of rotatable bonds is 2. The number of nitrogen functional groups attached to an aromatic ring is 1. The van der Waals surface area contributed by atoms with Crippen molar-refractivity contribution in [3.63, 3.8) is 0 Å². The van der Waals surface area contributed by atoms with E-state index in [1.807, 2.05) is 0 Å². The van der Waals surface area contributed by atoms with Gasteiger partial charge < -0.3 is 57.6 Å². The molecule has 4 aromatic rings. The monoisotopic (exact) mass is 667 g/mol. The number of nitrogens with zero attached hydrogens (tertiary/aromatic N) is 7. The van der Waals surface area contributed by atoms with E-state index in [0.717, 1.165) is 0 Å². The zero-order chi connectivity index (χ0) is 31.8. The molecule has 45 heavy (non-hydrogen) atoms. The number of nitrogens with one attached hydrogen (secondary N) is 1. The van der Waals surface area contributed by atoms with Gasteiger partial charge in [-0.15, -0.1) is 0 Å². The fourth-order valence-electron chi connectivity index (χ4n) is 5.21. The number of aliphatic hydroxyl groups excluding tert-OH is 2. The Labute approximate surface area is 254 Å². The summed E-state index contributed by atoms with van der Waals surface area (Å²) >= 11 is 0. The molecule has 3 fully saturated rings. The summed E-state index contributed by atoms with van der Waals surface area (Å²) in [7, 11) is -9.84. The molecule has 0 saturated carbocycles. The van der Waals surface area contributed by atoms with Gasteiger partial charge in [-0.3, -0.25) is 13.9 Å². The lowest BCUT2D eigenvalue weighted by Crippen LogP contribution is -2.36. The zero-order valence-electron chi connectivity index (χ0n) is 21.9. The lowest BCUT2D eigenvalue weighted by molar-refractivity contribution is -0.0578. The molecule has 3 aliphatic rings. The summed E-state index contributed by atoms with van der Waals surface area (Å²) in [6, 6.07) is 0. The number of anilines is 1. The second-order valence-corrected chi connectivity index (χ2v) is 11.7. The molecule has 0 amide bonds. The Morgan fingerprint density at radius 3 is 2.24 bits per heavy atom. The molecule has 0 aromatic carbocycles. The van der Waals surface area contributed by atoms with Crippen LogP contribution in [0.3, 0.4) is 0 Å². The van der Waals surface area contributed by atoms with Gasteiger partial charge in [0.05, 0.1) is 41.0 Å². The average Bonchev–Trinajstić information content (AvgIpc) is 3.72. The van der Waals surface area contributed by atoms with E-state index < -0.39 is 84.7 Å². The Balaban J connectivity index is 1.21. The van der Waals surface area contributed by atoms with Crippen LogP contribution in [0.15, 0.2) is 23.8 Å². The summed E-state index contributed by atoms with van der Waals surface area (Å²) < 4.78 is 66.1. The van der Waals surface area contributed by atoms with E-state index in [1.54, 1.807) is 6.92 Å². The van der Waals surface area contributed by atoms with Crippen LogP contribution in [0.25, 0.3) is 22.3 Å². The molecule has 24 heteroatoms. The Bertz CT molecular complexity index is 1940. The maximum Gasteiger partial charge on any atom is 0.279 e. The van der Waals surface area contributed by atoms with Crippen LogP contribution >= 0.6 is 14.9 Å². The molecular formula is C21H29B2N9O11P2-2. The highest BCUT2D eigenvalue weighted by Gasteiger charge is 2.51. The van der Waals surface area contributed by atoms with Gasteiger partial charge >= 0.3 is 0 Å². The van der Waals surface area contributed by atoms with Gasteiger partial charge in [0.25, 0.3) is 5.56 Å². The van der Waals surface area contributed by atoms with E-state index in [9.17, 15) is 24.1 Å². The first-order valence-corrected chi connectivity index (χ1v) is 15.0. The van der Waals surface area contributed by atoms with Crippen molar-refractivity contribution in [3.05, 3.63) is 35.2 Å². The second-order valence-electron chi connectivity index (χ2n) is 9.85. The van der Waals surface area contributed by atoms with Gasteiger partial charge in [0, 0.05) is 0 Å². The Hall–Kier alpha value is -3.03. The molecule has 242 valence electrons. The molecule has 3 saturated heterocycles. The predicted octanol–water partition coefficient (Wildman–Crippen LogP) is -2.87. The van der Waals surface area contributed by atoms with Crippen LogP contribution in [0.5, 0.6) is 0 Å². The van der Waals surface area contributed by atoms with Gasteiger partial charge in [-0.2, -0.15) is 0 Å². The third-order valence-electron chi connectivity index (χ3n) is 7.21. The number of aryl methyl sites for hydroxylation is 1. The number of aromatic nitrogens is 8. The number of aromatic amines is 1. The molecule has 5 N–H and O–H groups in total. The van der Waals surface area contributed by atoms with Gasteiger partial charge in [0.2, 0.25) is 0 Å². The van der Waals surface area contributed by atoms with E-state index in [0.29, 0.717) is 11.3 Å². The van der Waals surface area contributed by atoms with Crippen molar-refractivity contribution in [2.45, 2.75) is 56.0 Å². The van der Waals surface area contributed by atoms with E-state index >= 15 is 0 Å². The average molecular weight is 667 g/mol. The molecular weight excluding hydrogens is 638 g/mol. The van der Waals surface area contributed by atoms with Crippen LogP contribution in [0.4, 0.5) is 5.82 Å². The predicted molar refractivity (Wildman–Crippen MR) is 159 cm³/mol. The van der Waals surface area contributed by atoms with Crippen molar-refractivity contribution in [1.82, 2.24) is 39.0 Å². The zero-order valence-corrected chi connectivity index (χ0v) is 23.7. The molecule has 7 heterocycles. The third-order valence-corrected chi connectivity index (χ3v) is 8.76. The van der Waals surface area contributed by atoms with Crippen molar-refractivity contribution in [2.75, 3.05) is 18.9 Å². The number of nitrogens with two attached hydrogens (primary N) is 1. The third kappa shape index (κ3) is 5.44. The number of imidazole rings is 2. The standard InChI is InChI=1S/C21H29B2N9O11P2/c1-7-29-18-11(19(35)30-7)28-6-32(18)21-15-12(33)8(40-21)2-38-44(22,36)42-14-9(3-39-45(23,37)43-15)41-20(13(14)34)31-5-27-10-16(24)25-4-26-17(10)31/h4-6,8-9,12-15,20-21,33-34H,2-3H2,1,22-23H3,(H2,24,25,26)(H,29,30,35)/q-2/t8-,9-,12?,13?,14+,15+,20-,21-,44?,45?/m1/s1. The number of hydrogen-bond acceptors (Lipinski definition) is 17. The SMILES string of the molecule is [BH3-]P1(=O)OC[C@H]2O[C@@H](n3cnc4c(=O)[nH]c(C)nc43)[C@@H](OP([BH3-])(=O)OC[C@H]3O[C@@H](n4cnc5c(N)ncnc54)C(O)[C@H]3O1)C2O. The normalized spacial score (nSPS) is 37.7. The van der Waals surface area contributed by atoms with Crippen LogP contribution in [-0.4, -0.2) is 114 Å². The summed E-state index contributed by atoms with van der Waals surface area (Å²) in [5.74, 6) is 0.451. The summed E-state index contributed by atoms with van der Waals surface area (Å²) in [4.78, 5) is 35.8. The Morgan fingerprint density at radius 2 is 1.51 bits per heavy atom. The number of hydrogen-bond donors (Lipinski definition) is 4. The van der Waals surface area contributed by atoms with Gasteiger partial charge in [-0.25, -0.2) is 24.9 Å². The van der Waals surface area contributed by atoms with E-state index in [4.69, 9.17) is 33.3 Å². The largest absolute Gasteiger partial charge is 0.387 e. The number of aliphatic hydroxyl groups is 2. The number of ether oxygens (including phenoxy) is 2. The molecule has 20 nitrogen and oxygen atoms in total. The first-order chi connectivity index (χ1) is 21.3. The quantitative estimate of drug-likeness (QED) is 0.124. The van der Waals surface area contributed by atoms with Crippen molar-refractivity contribution < 1.29 is 46.9 Å². The lowest BCUT2D eigenvalue weighted by atomic mass is 10.1. The fourth-order valence-corrected chi connectivity index (χ4v) is 6.76. The van der Waals surface area contributed by atoms with Crippen LogP contribution in [-0.2, 0) is 36.7 Å². The molecule has 0 spiro atoms. The number of H-pyrrole nitrogens is 1. The van der Waals surface area contributed by atoms with Crippen molar-refractivity contribution in [1.29, 1.82) is 0 Å². The molecule has 0 aliphatic carbocycles. The first kappa shape index (κ1) is 30.6. The van der Waals surface area contributed by atoms with Crippen LogP contribution < -0.4 is 11.3 Å². The molecule has 4 unspecified atom stereocenters. The minimum atomic E-state index is -3.76. The molecule has 3 aliphatic heterocycles. The summed E-state index contributed by atoms with van der Waals surface area (Å²) in [5.41, 5.74) is 6.21. The van der Waals surface area contributed by atoms with E-state index in [2.05, 4.69) is 29.9 Å². The van der Waals surface area contributed by atoms with Gasteiger partial charge in [-0.1, -0.05) is 0 Å². The molecule has 10 atom stereocenters. The topological polar surface area (TPSA) is 263 Å². The molecule has 0 radical (unpaired) electrons. The molecule has 2 bridgehead atoms. The van der Waals surface area contributed by atoms with Crippen LogP contribution in [0.1, 0.15) is 18.3 Å². The van der Waals surface area contributed by atoms with E-state index in [1.165, 1.54) is 28.1 Å². The Morgan fingerprint density at radius 1 is 0.889 bits per heavy atom. The first-order valence-electron chi connectivity index (χ1n) is 12.8. The molecule has 7 rings (SSSR count). The van der Waals surface area contributed by atoms with Gasteiger partial charge in [0.1, 0.15) is 69.2 Å². The lowest BCUT2D eigenvalue weighted by Gasteiger charge is -2.30. The summed E-state index contributed by atoms with van der Waals surface area (Å²) in [5, 5.41) is 22.6. The summed E-state index contributed by atoms with van der Waals surface area (Å²) in [6.07, 6.45) is -5.75. The number of fused-ring (bicyclic) bond motifs is 5. The van der Waals surface area contributed by atoms with Crippen molar-refractivity contribution in [3.8, 4) is 0 Å². The molecule has 4 aromatic heterocycles. The maximum absolute atomic E-state index is 13.8. The van der Waals surface area contributed by atoms with E-state index in [-0.39, 0.29) is 35.8 Å². The second kappa shape index (κ2) is 11.0. The minimum absolute atomic E-state index is 0.0314. The summed E-state index contributed by atoms with van der Waals surface area (Å²) in [6.45, 7) is 0.851. The highest BCUT2D eigenvalue weighted by atomic mass is 31.2. The van der Waals surface area contributed by atoms with Crippen LogP contribution in [0.2, 0.25) is 0 Å². The van der Waals surface area contributed by atoms with Gasteiger partial charge in [-0.05, 0) is 6.92 Å². The minimum Gasteiger partial charge on any atom is -0.387 e. The van der Waals surface area contributed by atoms with Crippen molar-refractivity contribution in [2.24, 2.45) is 0 Å². The fraction of sp³-hybridized carbons (Fsp3) is 0.524. The van der Waals surface area contributed by atoms with Gasteiger partial charge in [0.15, 0.2) is 35.1 Å². The maximum atomic E-state index is 13.8. The smallest absolute Gasteiger partial charge is 0.279 e. The highest BCUT2D eigenvalue weighted by molar-refractivity contribution is 7.79. The Kier molecular flexibility index (Phi) is 7.52.